The van der Waals surface area contributed by atoms with Crippen LogP contribution in [0, 0.1) is 6.92 Å². The number of nitrogens with one attached hydrogen (secondary N) is 1. The predicted octanol–water partition coefficient (Wildman–Crippen LogP) is 2.08. The molecule has 0 spiro atoms. The molecular formula is C11H9BrN4O2S. The molecule has 0 saturated carbocycles. The molecule has 6 nitrogen and oxygen atoms in total. The number of carbonyl (C=O) groups excluding carboxylic acids is 1. The van der Waals surface area contributed by atoms with Crippen molar-refractivity contribution in [3.63, 3.8) is 0 Å². The monoisotopic (exact) mass is 340 g/mol. The van der Waals surface area contributed by atoms with E-state index < -0.39 is 0 Å². The topological polar surface area (TPSA) is 87.5 Å². The quantitative estimate of drug-likeness (QED) is 0.661. The Morgan fingerprint density at radius 3 is 3.05 bits per heavy atom. The summed E-state index contributed by atoms with van der Waals surface area (Å²) in [5, 5.41) is 17.1. The van der Waals surface area contributed by atoms with Gasteiger partial charge in [-0.3, -0.25) is 4.79 Å². The first-order valence-corrected chi connectivity index (χ1v) is 6.75. The number of aryl methyl sites for hydroxylation is 1. The van der Waals surface area contributed by atoms with E-state index in [-0.39, 0.29) is 11.7 Å². The Morgan fingerprint density at radius 2 is 2.37 bits per heavy atom. The summed E-state index contributed by atoms with van der Waals surface area (Å²) in [5.74, 6) is -0.296. The standard InChI is InChI=1S/C11H9BrN4O2S/c1-6-10(19-16-14-6)11(18)15-13-5-7-4-8(12)2-3-9(7)17/h2-5,17H,1H3,(H,15,18)/b13-5-. The zero-order valence-electron chi connectivity index (χ0n) is 9.79. The van der Waals surface area contributed by atoms with Crippen LogP contribution in [0.2, 0.25) is 0 Å². The summed E-state index contributed by atoms with van der Waals surface area (Å²) in [7, 11) is 0. The van der Waals surface area contributed by atoms with Crippen LogP contribution in [0.5, 0.6) is 5.75 Å². The Bertz CT molecular complexity index is 641. The van der Waals surface area contributed by atoms with Crippen LogP contribution in [0.3, 0.4) is 0 Å². The lowest BCUT2D eigenvalue weighted by molar-refractivity contribution is 0.0958. The molecule has 1 aromatic heterocycles. The maximum atomic E-state index is 11.7. The number of benzene rings is 1. The average Bonchev–Trinajstić information content (AvgIpc) is 2.80. The van der Waals surface area contributed by atoms with Crippen LogP contribution in [0.15, 0.2) is 27.8 Å². The number of aromatic hydroxyl groups is 1. The molecule has 2 rings (SSSR count). The molecular weight excluding hydrogens is 332 g/mol. The Hall–Kier alpha value is -1.80. The second kappa shape index (κ2) is 5.89. The molecule has 0 atom stereocenters. The van der Waals surface area contributed by atoms with E-state index in [2.05, 4.69) is 36.0 Å². The van der Waals surface area contributed by atoms with Crippen LogP contribution < -0.4 is 5.43 Å². The second-order valence-electron chi connectivity index (χ2n) is 3.59. The van der Waals surface area contributed by atoms with Crippen LogP contribution in [-0.4, -0.2) is 26.8 Å². The van der Waals surface area contributed by atoms with E-state index in [9.17, 15) is 9.90 Å². The number of phenols is 1. The lowest BCUT2D eigenvalue weighted by Crippen LogP contribution is -2.17. The van der Waals surface area contributed by atoms with E-state index in [0.717, 1.165) is 16.0 Å². The van der Waals surface area contributed by atoms with E-state index in [0.29, 0.717) is 16.1 Å². The Morgan fingerprint density at radius 1 is 1.58 bits per heavy atom. The summed E-state index contributed by atoms with van der Waals surface area (Å²) in [4.78, 5) is 12.1. The van der Waals surface area contributed by atoms with Crippen LogP contribution in [0.1, 0.15) is 20.9 Å². The van der Waals surface area contributed by atoms with Crippen molar-refractivity contribution < 1.29 is 9.90 Å². The minimum absolute atomic E-state index is 0.0804. The fourth-order valence-corrected chi connectivity index (χ4v) is 2.20. The number of phenolic OH excluding ortho intramolecular Hbond substituents is 1. The SMILES string of the molecule is Cc1nnsc1C(=O)N/N=C\c1cc(Br)ccc1O. The minimum Gasteiger partial charge on any atom is -0.507 e. The molecule has 1 aromatic carbocycles. The molecule has 0 fully saturated rings. The molecule has 0 bridgehead atoms. The number of amides is 1. The zero-order valence-corrected chi connectivity index (χ0v) is 12.2. The van der Waals surface area contributed by atoms with Crippen molar-refractivity contribution in [3.05, 3.63) is 38.8 Å². The summed E-state index contributed by atoms with van der Waals surface area (Å²) >= 11 is 4.29. The highest BCUT2D eigenvalue weighted by Gasteiger charge is 2.11. The summed E-state index contributed by atoms with van der Waals surface area (Å²) in [6.07, 6.45) is 1.36. The van der Waals surface area contributed by atoms with Crippen molar-refractivity contribution in [2.75, 3.05) is 0 Å². The fourth-order valence-electron chi connectivity index (χ4n) is 1.28. The molecule has 2 aromatic rings. The van der Waals surface area contributed by atoms with Crippen molar-refractivity contribution >= 4 is 39.6 Å². The third kappa shape index (κ3) is 3.36. The van der Waals surface area contributed by atoms with Crippen LogP contribution in [-0.2, 0) is 0 Å². The first-order valence-electron chi connectivity index (χ1n) is 5.19. The number of hydrogen-bond acceptors (Lipinski definition) is 6. The molecule has 1 amide bonds. The zero-order chi connectivity index (χ0) is 13.8. The maximum absolute atomic E-state index is 11.7. The molecule has 0 saturated heterocycles. The lowest BCUT2D eigenvalue weighted by Gasteiger charge is -1.99. The number of rotatable bonds is 3. The van der Waals surface area contributed by atoms with Gasteiger partial charge in [-0.05, 0) is 36.7 Å². The van der Waals surface area contributed by atoms with Gasteiger partial charge in [0.1, 0.15) is 10.6 Å². The molecule has 0 aliphatic carbocycles. The van der Waals surface area contributed by atoms with E-state index in [1.807, 2.05) is 0 Å². The van der Waals surface area contributed by atoms with Gasteiger partial charge in [-0.25, -0.2) is 5.43 Å². The van der Waals surface area contributed by atoms with E-state index in [1.165, 1.54) is 12.3 Å². The van der Waals surface area contributed by atoms with Crippen molar-refractivity contribution in [3.8, 4) is 5.75 Å². The van der Waals surface area contributed by atoms with Gasteiger partial charge in [0.15, 0.2) is 0 Å². The number of aromatic nitrogens is 2. The van der Waals surface area contributed by atoms with Gasteiger partial charge in [0.05, 0.1) is 11.9 Å². The number of carbonyl (C=O) groups is 1. The summed E-state index contributed by atoms with van der Waals surface area (Å²) in [6, 6.07) is 4.92. The van der Waals surface area contributed by atoms with Gasteiger partial charge in [-0.15, -0.1) is 5.10 Å². The third-order valence-electron chi connectivity index (χ3n) is 2.22. The molecule has 0 unspecified atom stereocenters. The van der Waals surface area contributed by atoms with E-state index in [4.69, 9.17) is 0 Å². The summed E-state index contributed by atoms with van der Waals surface area (Å²) < 4.78 is 4.47. The van der Waals surface area contributed by atoms with Gasteiger partial charge < -0.3 is 5.11 Å². The molecule has 19 heavy (non-hydrogen) atoms. The van der Waals surface area contributed by atoms with E-state index in [1.54, 1.807) is 19.1 Å². The van der Waals surface area contributed by atoms with Gasteiger partial charge in [0.2, 0.25) is 0 Å². The number of hydrogen-bond donors (Lipinski definition) is 2. The van der Waals surface area contributed by atoms with Crippen molar-refractivity contribution in [1.82, 2.24) is 15.0 Å². The third-order valence-corrected chi connectivity index (χ3v) is 3.54. The van der Waals surface area contributed by atoms with E-state index >= 15 is 0 Å². The molecule has 0 aliphatic heterocycles. The summed E-state index contributed by atoms with van der Waals surface area (Å²) in [6.45, 7) is 1.70. The Balaban J connectivity index is 2.06. The molecule has 0 aliphatic rings. The fraction of sp³-hybridized carbons (Fsp3) is 0.0909. The molecule has 1 heterocycles. The second-order valence-corrected chi connectivity index (χ2v) is 5.26. The Kier molecular flexibility index (Phi) is 4.23. The molecule has 8 heteroatoms. The van der Waals surface area contributed by atoms with Crippen LogP contribution in [0.25, 0.3) is 0 Å². The minimum atomic E-state index is -0.377. The van der Waals surface area contributed by atoms with Crippen LogP contribution >= 0.6 is 27.5 Å². The van der Waals surface area contributed by atoms with Crippen LogP contribution in [0.4, 0.5) is 0 Å². The summed E-state index contributed by atoms with van der Waals surface area (Å²) in [5.41, 5.74) is 3.41. The van der Waals surface area contributed by atoms with Crippen molar-refractivity contribution in [2.45, 2.75) is 6.92 Å². The van der Waals surface area contributed by atoms with Crippen molar-refractivity contribution in [2.24, 2.45) is 5.10 Å². The normalized spacial score (nSPS) is 10.8. The highest BCUT2D eigenvalue weighted by Crippen LogP contribution is 2.19. The molecule has 2 N–H and O–H groups in total. The lowest BCUT2D eigenvalue weighted by atomic mass is 10.2. The highest BCUT2D eigenvalue weighted by atomic mass is 79.9. The van der Waals surface area contributed by atoms with Gasteiger partial charge >= 0.3 is 0 Å². The van der Waals surface area contributed by atoms with Crippen molar-refractivity contribution in [1.29, 1.82) is 0 Å². The number of halogens is 1. The average molecular weight is 341 g/mol. The van der Waals surface area contributed by atoms with Gasteiger partial charge in [-0.2, -0.15) is 5.10 Å². The largest absolute Gasteiger partial charge is 0.507 e. The van der Waals surface area contributed by atoms with Gasteiger partial charge in [0.25, 0.3) is 5.91 Å². The van der Waals surface area contributed by atoms with Gasteiger partial charge in [-0.1, -0.05) is 20.4 Å². The molecule has 98 valence electrons. The first-order chi connectivity index (χ1) is 9.08. The number of hydrazone groups is 1. The smallest absolute Gasteiger partial charge is 0.285 e. The maximum Gasteiger partial charge on any atom is 0.285 e. The predicted molar refractivity (Wildman–Crippen MR) is 75.5 cm³/mol. The highest BCUT2D eigenvalue weighted by molar-refractivity contribution is 9.10. The first kappa shape index (κ1) is 13.6. The molecule has 0 radical (unpaired) electrons. The number of nitrogens with zero attached hydrogens (tertiary/aromatic N) is 3. The van der Waals surface area contributed by atoms with Gasteiger partial charge in [0, 0.05) is 10.0 Å². The Labute approximate surface area is 121 Å².